The maximum Gasteiger partial charge on any atom is 0.276 e. The van der Waals surface area contributed by atoms with Crippen molar-refractivity contribution in [2.24, 2.45) is 57.4 Å². The Kier molecular flexibility index (Phi) is 8.32. The molecule has 0 spiro atoms. The smallest absolute Gasteiger partial charge is 0.200 e. The molecule has 5 heteroatoms. The minimum absolute atomic E-state index is 0.285. The fraction of sp³-hybridized carbons (Fsp3) is 0.794. The number of hydrogen-bond acceptors (Lipinski definition) is 3. The maximum atomic E-state index is 12.8. The lowest BCUT2D eigenvalue weighted by Gasteiger charge is -2.61. The third kappa shape index (κ3) is 5.60. The van der Waals surface area contributed by atoms with E-state index in [0.717, 1.165) is 66.0 Å². The molecule has 4 nitrogen and oxygen atoms in total. The Bertz CT molecular complexity index is 1140. The van der Waals surface area contributed by atoms with Crippen LogP contribution in [0.3, 0.4) is 0 Å². The van der Waals surface area contributed by atoms with Gasteiger partial charge in [0.15, 0.2) is 0 Å². The van der Waals surface area contributed by atoms with Gasteiger partial charge in [0.2, 0.25) is 0 Å². The average Bonchev–Trinajstić information content (AvgIpc) is 3.25. The summed E-state index contributed by atoms with van der Waals surface area (Å²) in [5, 5.41) is 4.49. The van der Waals surface area contributed by atoms with Gasteiger partial charge in [-0.05, 0) is 129 Å². The van der Waals surface area contributed by atoms with E-state index in [9.17, 15) is 8.42 Å². The van der Waals surface area contributed by atoms with Gasteiger partial charge in [-0.25, -0.2) is 4.83 Å². The highest BCUT2D eigenvalue weighted by Gasteiger charge is 2.60. The molecule has 0 amide bonds. The first-order valence-corrected chi connectivity index (χ1v) is 17.6. The van der Waals surface area contributed by atoms with E-state index in [1.165, 1.54) is 57.8 Å². The number of aryl methyl sites for hydroxylation is 1. The zero-order chi connectivity index (χ0) is 28.0. The molecule has 0 aliphatic heterocycles. The van der Waals surface area contributed by atoms with Crippen molar-refractivity contribution in [1.29, 1.82) is 0 Å². The van der Waals surface area contributed by atoms with Crippen LogP contribution in [0.15, 0.2) is 34.3 Å². The lowest BCUT2D eigenvalue weighted by atomic mass is 9.44. The molecule has 8 unspecified atom stereocenters. The third-order valence-corrected chi connectivity index (χ3v) is 13.6. The zero-order valence-corrected chi connectivity index (χ0v) is 26.3. The Balaban J connectivity index is 1.23. The Hall–Kier alpha value is -1.36. The molecule has 218 valence electrons. The highest BCUT2D eigenvalue weighted by Crippen LogP contribution is 2.68. The van der Waals surface area contributed by atoms with Crippen molar-refractivity contribution in [1.82, 2.24) is 4.83 Å². The summed E-state index contributed by atoms with van der Waals surface area (Å²) in [6.07, 6.45) is 15.6. The van der Waals surface area contributed by atoms with E-state index in [4.69, 9.17) is 0 Å². The molecule has 4 aliphatic rings. The van der Waals surface area contributed by atoms with Crippen molar-refractivity contribution in [3.63, 3.8) is 0 Å². The molecular formula is C34H54N2O2S. The van der Waals surface area contributed by atoms with Crippen molar-refractivity contribution in [3.05, 3.63) is 29.8 Å². The predicted molar refractivity (Wildman–Crippen MR) is 162 cm³/mol. The predicted octanol–water partition coefficient (Wildman–Crippen LogP) is 8.75. The van der Waals surface area contributed by atoms with Crippen LogP contribution in [0.4, 0.5) is 0 Å². The van der Waals surface area contributed by atoms with Gasteiger partial charge < -0.3 is 0 Å². The molecule has 0 radical (unpaired) electrons. The van der Waals surface area contributed by atoms with E-state index in [2.05, 4.69) is 44.6 Å². The molecule has 4 saturated carbocycles. The molecule has 0 saturated heterocycles. The Morgan fingerprint density at radius 2 is 1.64 bits per heavy atom. The van der Waals surface area contributed by atoms with Crippen molar-refractivity contribution in [2.75, 3.05) is 0 Å². The second-order valence-electron chi connectivity index (χ2n) is 15.0. The quantitative estimate of drug-likeness (QED) is 0.327. The topological polar surface area (TPSA) is 58.5 Å². The van der Waals surface area contributed by atoms with Crippen LogP contribution in [-0.2, 0) is 10.0 Å². The summed E-state index contributed by atoms with van der Waals surface area (Å²) in [6.45, 7) is 14.5. The molecule has 0 bridgehead atoms. The van der Waals surface area contributed by atoms with Gasteiger partial charge in [0.25, 0.3) is 10.0 Å². The fourth-order valence-electron chi connectivity index (χ4n) is 10.1. The molecule has 1 N–H and O–H groups in total. The maximum absolute atomic E-state index is 12.8. The van der Waals surface area contributed by atoms with Crippen LogP contribution >= 0.6 is 0 Å². The van der Waals surface area contributed by atoms with E-state index in [1.807, 2.05) is 19.1 Å². The summed E-state index contributed by atoms with van der Waals surface area (Å²) in [6, 6.07) is 6.99. The first-order chi connectivity index (χ1) is 18.4. The Morgan fingerprint density at radius 3 is 2.36 bits per heavy atom. The molecule has 4 aliphatic carbocycles. The van der Waals surface area contributed by atoms with Crippen LogP contribution in [0, 0.1) is 59.2 Å². The molecule has 0 aromatic heterocycles. The monoisotopic (exact) mass is 554 g/mol. The second-order valence-corrected chi connectivity index (χ2v) is 16.6. The molecule has 1 aromatic carbocycles. The van der Waals surface area contributed by atoms with E-state index in [0.29, 0.717) is 16.7 Å². The van der Waals surface area contributed by atoms with Gasteiger partial charge in [-0.15, -0.1) is 0 Å². The van der Waals surface area contributed by atoms with Gasteiger partial charge in [-0.2, -0.15) is 13.5 Å². The molecule has 0 heterocycles. The number of nitrogens with one attached hydrogen (secondary N) is 1. The molecule has 4 fully saturated rings. The van der Waals surface area contributed by atoms with Crippen molar-refractivity contribution >= 4 is 15.7 Å². The summed E-state index contributed by atoms with van der Waals surface area (Å²) >= 11 is 0. The summed E-state index contributed by atoms with van der Waals surface area (Å²) in [7, 11) is -3.62. The van der Waals surface area contributed by atoms with Crippen LogP contribution < -0.4 is 4.83 Å². The molecule has 1 aromatic rings. The second kappa shape index (κ2) is 11.1. The van der Waals surface area contributed by atoms with Crippen molar-refractivity contribution < 1.29 is 8.42 Å². The van der Waals surface area contributed by atoms with Crippen LogP contribution in [0.1, 0.15) is 117 Å². The zero-order valence-electron chi connectivity index (χ0n) is 25.5. The molecule has 8 atom stereocenters. The minimum Gasteiger partial charge on any atom is -0.200 e. The van der Waals surface area contributed by atoms with E-state index < -0.39 is 10.0 Å². The number of nitrogens with zero attached hydrogens (tertiary/aromatic N) is 1. The highest BCUT2D eigenvalue weighted by molar-refractivity contribution is 7.89. The lowest BCUT2D eigenvalue weighted by molar-refractivity contribution is -0.105. The van der Waals surface area contributed by atoms with Gasteiger partial charge in [0.05, 0.1) is 4.90 Å². The summed E-state index contributed by atoms with van der Waals surface area (Å²) < 4.78 is 25.6. The van der Waals surface area contributed by atoms with Gasteiger partial charge in [0.1, 0.15) is 0 Å². The van der Waals surface area contributed by atoms with Crippen molar-refractivity contribution in [2.45, 2.75) is 123 Å². The van der Waals surface area contributed by atoms with Gasteiger partial charge in [-0.1, -0.05) is 71.6 Å². The van der Waals surface area contributed by atoms with Crippen LogP contribution in [0.2, 0.25) is 0 Å². The van der Waals surface area contributed by atoms with Crippen LogP contribution in [0.5, 0.6) is 0 Å². The third-order valence-electron chi connectivity index (χ3n) is 12.4. The fourth-order valence-corrected chi connectivity index (χ4v) is 10.9. The van der Waals surface area contributed by atoms with E-state index >= 15 is 0 Å². The summed E-state index contributed by atoms with van der Waals surface area (Å²) in [5.74, 6) is 5.85. The van der Waals surface area contributed by atoms with Crippen LogP contribution in [-0.4, -0.2) is 14.1 Å². The number of sulfonamides is 1. The summed E-state index contributed by atoms with van der Waals surface area (Å²) in [4.78, 5) is 2.85. The number of fused-ring (bicyclic) bond motifs is 5. The average molecular weight is 555 g/mol. The van der Waals surface area contributed by atoms with E-state index in [-0.39, 0.29) is 4.90 Å². The van der Waals surface area contributed by atoms with Gasteiger partial charge in [-0.3, -0.25) is 0 Å². The summed E-state index contributed by atoms with van der Waals surface area (Å²) in [5.41, 5.74) is 3.01. The molecular weight excluding hydrogens is 500 g/mol. The highest BCUT2D eigenvalue weighted by atomic mass is 32.2. The molecule has 39 heavy (non-hydrogen) atoms. The van der Waals surface area contributed by atoms with Gasteiger partial charge >= 0.3 is 0 Å². The van der Waals surface area contributed by atoms with Gasteiger partial charge in [0, 0.05) is 5.71 Å². The lowest BCUT2D eigenvalue weighted by Crippen LogP contribution is -2.53. The minimum atomic E-state index is -3.62. The SMILES string of the molecule is Cc1ccc(S(=O)(=O)NN=C2CCC3(C)C(CCC4C3CCC3(C)C(C(C)CCCC(C)C)CCC43)C2)cc1. The first kappa shape index (κ1) is 29.1. The number of rotatable bonds is 8. The first-order valence-electron chi connectivity index (χ1n) is 16.1. The largest absolute Gasteiger partial charge is 0.276 e. The number of hydrazone groups is 1. The van der Waals surface area contributed by atoms with Crippen molar-refractivity contribution in [3.8, 4) is 0 Å². The number of benzene rings is 1. The van der Waals surface area contributed by atoms with Crippen LogP contribution in [0.25, 0.3) is 0 Å². The van der Waals surface area contributed by atoms with E-state index in [1.54, 1.807) is 12.1 Å². The Morgan fingerprint density at radius 1 is 0.923 bits per heavy atom. The Labute approximate surface area is 239 Å². The standard InChI is InChI=1S/C34H54N2O2S/c1-23(2)8-7-9-25(4)30-16-17-31-29-15-12-26-22-27(18-20-33(26,5)32(29)19-21-34(30,31)6)35-36-39(37,38)28-13-10-24(3)11-14-28/h10-11,13-14,23,25-26,29-32,36H,7-9,12,15-22H2,1-6H3. The molecule has 5 rings (SSSR count). The number of hydrogen-bond donors (Lipinski definition) is 1. The normalized spacial score (nSPS) is 38.2.